The molecule has 10 nitrogen and oxygen atoms in total. The zero-order valence-corrected chi connectivity index (χ0v) is 28.4. The third-order valence-corrected chi connectivity index (χ3v) is 7.47. The number of hydrogen-bond acceptors (Lipinski definition) is 6. The van der Waals surface area contributed by atoms with E-state index in [1.165, 1.54) is 6.08 Å². The van der Waals surface area contributed by atoms with Crippen LogP contribution in [0.3, 0.4) is 0 Å². The Bertz CT molecular complexity index is 1580. The molecule has 3 aromatic rings. The lowest BCUT2D eigenvalue weighted by Gasteiger charge is -2.27. The predicted molar refractivity (Wildman–Crippen MR) is 187 cm³/mol. The average molecular weight is 644 g/mol. The Morgan fingerprint density at radius 1 is 0.936 bits per heavy atom. The molecule has 0 saturated heterocycles. The molecule has 252 valence electrons. The molecule has 0 aliphatic carbocycles. The van der Waals surface area contributed by atoms with Crippen molar-refractivity contribution in [2.75, 3.05) is 32.0 Å². The summed E-state index contributed by atoms with van der Waals surface area (Å²) in [4.78, 5) is 52.4. The first kappa shape index (κ1) is 36.8. The van der Waals surface area contributed by atoms with Gasteiger partial charge in [-0.2, -0.15) is 0 Å². The Hall–Kier alpha value is -4.70. The quantitative estimate of drug-likeness (QED) is 0.183. The summed E-state index contributed by atoms with van der Waals surface area (Å²) in [5, 5.41) is 10.7. The lowest BCUT2D eigenvalue weighted by molar-refractivity contribution is -0.134. The van der Waals surface area contributed by atoms with E-state index in [0.29, 0.717) is 31.5 Å². The van der Waals surface area contributed by atoms with Gasteiger partial charge in [0.1, 0.15) is 5.60 Å². The number of carbonyl (C=O) groups excluding carboxylic acids is 4. The Kier molecular flexibility index (Phi) is 13.1. The van der Waals surface area contributed by atoms with Crippen LogP contribution in [-0.4, -0.2) is 66.5 Å². The van der Waals surface area contributed by atoms with Crippen molar-refractivity contribution in [3.8, 4) is 0 Å². The number of nitrogens with two attached hydrogens (primary N) is 1. The van der Waals surface area contributed by atoms with E-state index in [4.69, 9.17) is 10.5 Å². The van der Waals surface area contributed by atoms with Crippen LogP contribution in [0.5, 0.6) is 0 Å². The molecule has 0 radical (unpaired) electrons. The summed E-state index contributed by atoms with van der Waals surface area (Å²) in [7, 11) is 1.75. The minimum Gasteiger partial charge on any atom is -0.444 e. The number of amides is 4. The number of anilines is 1. The molecule has 5 N–H and O–H groups in total. The number of carbonyl (C=O) groups is 4. The fourth-order valence-electron chi connectivity index (χ4n) is 5.04. The standard InChI is InChI=1S/C37H49N5O5/c1-36(2,3)47-35(46)41-37(4,5)20-11-16-32(43)39-25-30(23-26-17-18-27-12-7-8-14-29(27)22-26)34(45)42(6)21-19-28-13-9-10-15-31(28)40-33(44)24-38/h7-18,22,30H,19-21,23-25,38H2,1-6H3,(H,39,43)(H,40,44)(H,41,46)/t30-/m1/s1. The average Bonchev–Trinajstić information content (AvgIpc) is 3.00. The summed E-state index contributed by atoms with van der Waals surface area (Å²) >= 11 is 0. The van der Waals surface area contributed by atoms with Gasteiger partial charge in [0, 0.05) is 31.4 Å². The molecule has 0 spiro atoms. The van der Waals surface area contributed by atoms with Gasteiger partial charge in [0.2, 0.25) is 17.7 Å². The molecule has 0 aliphatic rings. The highest BCUT2D eigenvalue weighted by molar-refractivity contribution is 5.93. The van der Waals surface area contributed by atoms with E-state index in [-0.39, 0.29) is 30.8 Å². The van der Waals surface area contributed by atoms with Gasteiger partial charge in [-0.15, -0.1) is 0 Å². The Labute approximate surface area is 278 Å². The second-order valence-corrected chi connectivity index (χ2v) is 13.4. The van der Waals surface area contributed by atoms with Crippen LogP contribution in [0, 0.1) is 5.92 Å². The molecule has 0 unspecified atom stereocenters. The highest BCUT2D eigenvalue weighted by atomic mass is 16.6. The third-order valence-electron chi connectivity index (χ3n) is 7.47. The predicted octanol–water partition coefficient (Wildman–Crippen LogP) is 4.96. The van der Waals surface area contributed by atoms with E-state index in [1.807, 2.05) is 74.5 Å². The summed E-state index contributed by atoms with van der Waals surface area (Å²) in [6, 6.07) is 21.6. The summed E-state index contributed by atoms with van der Waals surface area (Å²) in [5.41, 5.74) is 6.77. The molecule has 0 saturated carbocycles. The van der Waals surface area contributed by atoms with Crippen LogP contribution >= 0.6 is 0 Å². The van der Waals surface area contributed by atoms with E-state index in [0.717, 1.165) is 21.9 Å². The largest absolute Gasteiger partial charge is 0.444 e. The lowest BCUT2D eigenvalue weighted by Crippen LogP contribution is -2.45. The van der Waals surface area contributed by atoms with Gasteiger partial charge in [-0.1, -0.05) is 66.7 Å². The van der Waals surface area contributed by atoms with Crippen molar-refractivity contribution in [3.05, 3.63) is 90.0 Å². The second-order valence-electron chi connectivity index (χ2n) is 13.4. The molecular formula is C37H49N5O5. The monoisotopic (exact) mass is 643 g/mol. The maximum absolute atomic E-state index is 13.8. The molecule has 0 aromatic heterocycles. The third kappa shape index (κ3) is 12.5. The Morgan fingerprint density at radius 3 is 2.32 bits per heavy atom. The number of para-hydroxylation sites is 1. The van der Waals surface area contributed by atoms with Crippen molar-refractivity contribution in [2.24, 2.45) is 11.7 Å². The molecule has 1 atom stereocenters. The molecule has 0 bridgehead atoms. The number of rotatable bonds is 14. The minimum atomic E-state index is -0.637. The van der Waals surface area contributed by atoms with Crippen LogP contribution in [0.15, 0.2) is 78.9 Å². The van der Waals surface area contributed by atoms with Gasteiger partial charge in [-0.3, -0.25) is 14.4 Å². The fourth-order valence-corrected chi connectivity index (χ4v) is 5.04. The first-order valence-electron chi connectivity index (χ1n) is 15.9. The fraction of sp³-hybridized carbons (Fsp3) is 0.405. The molecule has 47 heavy (non-hydrogen) atoms. The van der Waals surface area contributed by atoms with E-state index in [9.17, 15) is 19.2 Å². The first-order valence-corrected chi connectivity index (χ1v) is 15.9. The van der Waals surface area contributed by atoms with Crippen molar-refractivity contribution < 1.29 is 23.9 Å². The molecule has 0 fully saturated rings. The van der Waals surface area contributed by atoms with E-state index in [1.54, 1.807) is 38.8 Å². The van der Waals surface area contributed by atoms with Crippen molar-refractivity contribution in [1.82, 2.24) is 15.5 Å². The summed E-state index contributed by atoms with van der Waals surface area (Å²) < 4.78 is 5.34. The second kappa shape index (κ2) is 16.7. The van der Waals surface area contributed by atoms with Crippen LogP contribution in [-0.2, 0) is 32.0 Å². The Morgan fingerprint density at radius 2 is 1.62 bits per heavy atom. The maximum Gasteiger partial charge on any atom is 0.408 e. The number of nitrogens with zero attached hydrogens (tertiary/aromatic N) is 1. The zero-order valence-electron chi connectivity index (χ0n) is 28.4. The molecular weight excluding hydrogens is 594 g/mol. The molecule has 4 amide bonds. The molecule has 10 heteroatoms. The maximum atomic E-state index is 13.8. The van der Waals surface area contributed by atoms with Gasteiger partial charge >= 0.3 is 6.09 Å². The first-order chi connectivity index (χ1) is 22.2. The number of benzene rings is 3. The van der Waals surface area contributed by atoms with Gasteiger partial charge in [-0.05, 0) is 87.9 Å². The van der Waals surface area contributed by atoms with E-state index < -0.39 is 23.2 Å². The molecule has 3 aromatic carbocycles. The minimum absolute atomic E-state index is 0.103. The number of nitrogens with one attached hydrogen (secondary N) is 3. The number of ether oxygens (including phenoxy) is 1. The van der Waals surface area contributed by atoms with Crippen LogP contribution in [0.2, 0.25) is 0 Å². The Balaban J connectivity index is 1.68. The number of alkyl carbamates (subject to hydrolysis) is 1. The normalized spacial score (nSPS) is 12.4. The smallest absolute Gasteiger partial charge is 0.408 e. The van der Waals surface area contributed by atoms with Gasteiger partial charge in [0.15, 0.2) is 0 Å². The van der Waals surface area contributed by atoms with Crippen LogP contribution in [0.1, 0.15) is 52.2 Å². The van der Waals surface area contributed by atoms with E-state index >= 15 is 0 Å². The highest BCUT2D eigenvalue weighted by Crippen LogP contribution is 2.20. The highest BCUT2D eigenvalue weighted by Gasteiger charge is 2.25. The molecule has 3 rings (SSSR count). The lowest BCUT2D eigenvalue weighted by atomic mass is 9.95. The van der Waals surface area contributed by atoms with Crippen LogP contribution < -0.4 is 21.7 Å². The van der Waals surface area contributed by atoms with E-state index in [2.05, 4.69) is 22.0 Å². The topological polar surface area (TPSA) is 143 Å². The van der Waals surface area contributed by atoms with Crippen molar-refractivity contribution >= 4 is 40.3 Å². The van der Waals surface area contributed by atoms with Gasteiger partial charge in [0.25, 0.3) is 0 Å². The van der Waals surface area contributed by atoms with Gasteiger partial charge < -0.3 is 31.3 Å². The number of fused-ring (bicyclic) bond motifs is 1. The number of hydrogen-bond donors (Lipinski definition) is 4. The van der Waals surface area contributed by atoms with Crippen molar-refractivity contribution in [1.29, 1.82) is 0 Å². The van der Waals surface area contributed by atoms with Gasteiger partial charge in [0.05, 0.1) is 12.5 Å². The SMILES string of the molecule is CN(CCc1ccccc1NC(=O)CN)C(=O)[C@@H](CNC(=O)C=CCC(C)(C)NC(=O)OC(C)(C)C)Cc1ccc2ccccc2c1. The van der Waals surface area contributed by atoms with Crippen molar-refractivity contribution in [3.63, 3.8) is 0 Å². The summed E-state index contributed by atoms with van der Waals surface area (Å²) in [6.07, 6.45) is 3.95. The number of likely N-dealkylation sites (N-methyl/N-ethyl adjacent to an activating group) is 1. The van der Waals surface area contributed by atoms with Crippen LogP contribution in [0.4, 0.5) is 10.5 Å². The molecule has 0 aliphatic heterocycles. The summed E-state index contributed by atoms with van der Waals surface area (Å²) in [5.74, 6) is -1.24. The van der Waals surface area contributed by atoms with Crippen LogP contribution in [0.25, 0.3) is 10.8 Å². The van der Waals surface area contributed by atoms with Gasteiger partial charge in [-0.25, -0.2) is 4.79 Å². The zero-order chi connectivity index (χ0) is 34.6. The summed E-state index contributed by atoms with van der Waals surface area (Å²) in [6.45, 7) is 9.51. The molecule has 0 heterocycles. The van der Waals surface area contributed by atoms with Crippen molar-refractivity contribution in [2.45, 2.75) is 65.0 Å².